The molecule has 2 aromatic heterocycles. The molecule has 0 spiro atoms. The number of rotatable bonds is 7. The number of carboxylic acid groups (broad SMARTS) is 1. The second kappa shape index (κ2) is 12.3. The maximum atomic E-state index is 12.5. The first kappa shape index (κ1) is 28.9. The first-order valence-corrected chi connectivity index (χ1v) is 11.5. The molecule has 0 saturated carbocycles. The third kappa shape index (κ3) is 8.75. The van der Waals surface area contributed by atoms with Crippen molar-refractivity contribution in [1.82, 2.24) is 19.7 Å². The summed E-state index contributed by atoms with van der Waals surface area (Å²) < 4.78 is 75.6. The standard InChI is InChI=1S/C21H25F3N6O.C2HF3O2/c1-14-3-2-4-17-18(14)28-20(29-19(17)25-9-15-5-7-31-8-6-15)26-10-16-11-27-30(12-16)13-21(22,23)24;3-2(4,5)1(6)7/h2-4,11-12,15H,5-10,13H2,1H3,(H2,25,26,28,29);(H,6,7). The molecule has 38 heavy (non-hydrogen) atoms. The molecule has 4 rings (SSSR count). The van der Waals surface area contributed by atoms with Gasteiger partial charge in [0.25, 0.3) is 0 Å². The molecule has 3 heterocycles. The van der Waals surface area contributed by atoms with Gasteiger partial charge < -0.3 is 20.5 Å². The predicted octanol–water partition coefficient (Wildman–Crippen LogP) is 4.78. The molecular weight excluding hydrogens is 522 g/mol. The molecule has 0 bridgehead atoms. The Bertz CT molecular complexity index is 1220. The SMILES string of the molecule is Cc1cccc2c(NCC3CCOCC3)nc(NCc3cnn(CC(F)(F)F)c3)nc12.O=C(O)C(F)(F)F. The lowest BCUT2D eigenvalue weighted by atomic mass is 10.0. The van der Waals surface area contributed by atoms with Crippen LogP contribution in [0.2, 0.25) is 0 Å². The number of ether oxygens (including phenoxy) is 1. The summed E-state index contributed by atoms with van der Waals surface area (Å²) in [6.07, 6.45) is -4.57. The van der Waals surface area contributed by atoms with E-state index in [-0.39, 0.29) is 6.54 Å². The van der Waals surface area contributed by atoms with Gasteiger partial charge in [-0.05, 0) is 37.3 Å². The lowest BCUT2D eigenvalue weighted by Gasteiger charge is -2.23. The number of nitrogens with one attached hydrogen (secondary N) is 2. The fourth-order valence-corrected chi connectivity index (χ4v) is 3.65. The first-order chi connectivity index (χ1) is 17.8. The molecule has 0 amide bonds. The number of carboxylic acids is 1. The molecule has 1 aliphatic rings. The van der Waals surface area contributed by atoms with E-state index in [2.05, 4.69) is 25.7 Å². The highest BCUT2D eigenvalue weighted by Gasteiger charge is 2.38. The van der Waals surface area contributed by atoms with E-state index in [1.807, 2.05) is 25.1 Å². The van der Waals surface area contributed by atoms with Gasteiger partial charge in [0.05, 0.1) is 11.7 Å². The van der Waals surface area contributed by atoms with Gasteiger partial charge in [-0.3, -0.25) is 4.68 Å². The number of alkyl halides is 6. The van der Waals surface area contributed by atoms with Gasteiger partial charge in [0.1, 0.15) is 12.4 Å². The Morgan fingerprint density at radius 3 is 2.45 bits per heavy atom. The molecule has 0 radical (unpaired) electrons. The monoisotopic (exact) mass is 548 g/mol. The van der Waals surface area contributed by atoms with Gasteiger partial charge in [0.2, 0.25) is 5.95 Å². The third-order valence-electron chi connectivity index (χ3n) is 5.55. The number of carbonyl (C=O) groups is 1. The summed E-state index contributed by atoms with van der Waals surface area (Å²) in [7, 11) is 0. The fourth-order valence-electron chi connectivity index (χ4n) is 3.65. The number of aliphatic carboxylic acids is 1. The quantitative estimate of drug-likeness (QED) is 0.362. The van der Waals surface area contributed by atoms with Crippen molar-refractivity contribution in [2.45, 2.75) is 45.2 Å². The van der Waals surface area contributed by atoms with Crippen molar-refractivity contribution < 1.29 is 41.0 Å². The van der Waals surface area contributed by atoms with E-state index in [0.717, 1.165) is 59.6 Å². The number of aromatic nitrogens is 4. The molecular formula is C23H26F6N6O3. The van der Waals surface area contributed by atoms with Crippen LogP contribution in [0.3, 0.4) is 0 Å². The molecule has 9 nitrogen and oxygen atoms in total. The zero-order valence-corrected chi connectivity index (χ0v) is 20.2. The van der Waals surface area contributed by atoms with Crippen molar-refractivity contribution >= 4 is 28.6 Å². The zero-order valence-electron chi connectivity index (χ0n) is 20.2. The Kier molecular flexibility index (Phi) is 9.36. The number of hydrogen-bond donors (Lipinski definition) is 3. The number of aryl methyl sites for hydroxylation is 1. The number of hydrogen-bond acceptors (Lipinski definition) is 7. The van der Waals surface area contributed by atoms with Crippen molar-refractivity contribution in [3.05, 3.63) is 41.7 Å². The first-order valence-electron chi connectivity index (χ1n) is 11.5. The van der Waals surface area contributed by atoms with Crippen molar-refractivity contribution in [1.29, 1.82) is 0 Å². The topological polar surface area (TPSA) is 114 Å². The highest BCUT2D eigenvalue weighted by molar-refractivity contribution is 5.92. The highest BCUT2D eigenvalue weighted by Crippen LogP contribution is 2.26. The summed E-state index contributed by atoms with van der Waals surface area (Å²) in [4.78, 5) is 18.2. The van der Waals surface area contributed by atoms with Crippen LogP contribution < -0.4 is 10.6 Å². The van der Waals surface area contributed by atoms with Crippen LogP contribution in [0.5, 0.6) is 0 Å². The molecule has 1 fully saturated rings. The van der Waals surface area contributed by atoms with Gasteiger partial charge >= 0.3 is 18.3 Å². The van der Waals surface area contributed by atoms with Crippen molar-refractivity contribution in [2.75, 3.05) is 30.4 Å². The molecule has 1 aliphatic heterocycles. The number of benzene rings is 1. The van der Waals surface area contributed by atoms with E-state index < -0.39 is 24.9 Å². The van der Waals surface area contributed by atoms with Crippen molar-refractivity contribution in [2.24, 2.45) is 5.92 Å². The van der Waals surface area contributed by atoms with Crippen LogP contribution in [0.25, 0.3) is 10.9 Å². The average molecular weight is 548 g/mol. The van der Waals surface area contributed by atoms with Crippen molar-refractivity contribution in [3.8, 4) is 0 Å². The molecule has 1 aromatic carbocycles. The fraction of sp³-hybridized carbons (Fsp3) is 0.478. The summed E-state index contributed by atoms with van der Waals surface area (Å²) in [5.74, 6) is -1.07. The Balaban J connectivity index is 0.000000505. The van der Waals surface area contributed by atoms with Gasteiger partial charge in [0, 0.05) is 43.4 Å². The van der Waals surface area contributed by atoms with Crippen LogP contribution in [0.15, 0.2) is 30.6 Å². The van der Waals surface area contributed by atoms with E-state index in [4.69, 9.17) is 14.6 Å². The molecule has 208 valence electrons. The molecule has 3 N–H and O–H groups in total. The Hall–Kier alpha value is -3.62. The molecule has 0 unspecified atom stereocenters. The number of nitrogens with zero attached hydrogens (tertiary/aromatic N) is 4. The van der Waals surface area contributed by atoms with E-state index in [1.165, 1.54) is 12.4 Å². The van der Waals surface area contributed by atoms with Crippen LogP contribution in [0, 0.1) is 12.8 Å². The number of halogens is 6. The van der Waals surface area contributed by atoms with Gasteiger partial charge in [-0.25, -0.2) is 9.78 Å². The number of anilines is 2. The Labute approximate surface area is 213 Å². The molecule has 1 saturated heterocycles. The van der Waals surface area contributed by atoms with Crippen LogP contribution in [0.4, 0.5) is 38.1 Å². The second-order valence-corrected chi connectivity index (χ2v) is 8.62. The van der Waals surface area contributed by atoms with E-state index in [1.54, 1.807) is 0 Å². The Morgan fingerprint density at radius 1 is 1.13 bits per heavy atom. The van der Waals surface area contributed by atoms with E-state index in [9.17, 15) is 26.3 Å². The maximum absolute atomic E-state index is 12.5. The van der Waals surface area contributed by atoms with Crippen LogP contribution >= 0.6 is 0 Å². The second-order valence-electron chi connectivity index (χ2n) is 8.62. The van der Waals surface area contributed by atoms with E-state index >= 15 is 0 Å². The molecule has 15 heteroatoms. The van der Waals surface area contributed by atoms with Crippen LogP contribution in [0.1, 0.15) is 24.0 Å². The van der Waals surface area contributed by atoms with Gasteiger partial charge in [0.15, 0.2) is 0 Å². The highest BCUT2D eigenvalue weighted by atomic mass is 19.4. The smallest absolute Gasteiger partial charge is 0.475 e. The zero-order chi connectivity index (χ0) is 27.9. The minimum atomic E-state index is -5.08. The largest absolute Gasteiger partial charge is 0.490 e. The Morgan fingerprint density at radius 2 is 1.82 bits per heavy atom. The third-order valence-corrected chi connectivity index (χ3v) is 5.55. The lowest BCUT2D eigenvalue weighted by Crippen LogP contribution is -2.23. The summed E-state index contributed by atoms with van der Waals surface area (Å²) in [6.45, 7) is 3.51. The minimum absolute atomic E-state index is 0.272. The normalized spacial score (nSPS) is 14.6. The molecule has 0 atom stereocenters. The summed E-state index contributed by atoms with van der Waals surface area (Å²) >= 11 is 0. The minimum Gasteiger partial charge on any atom is -0.475 e. The van der Waals surface area contributed by atoms with E-state index in [0.29, 0.717) is 17.4 Å². The average Bonchev–Trinajstić information content (AvgIpc) is 3.28. The maximum Gasteiger partial charge on any atom is 0.490 e. The number of para-hydroxylation sites is 1. The summed E-state index contributed by atoms with van der Waals surface area (Å²) in [6, 6.07) is 5.95. The summed E-state index contributed by atoms with van der Waals surface area (Å²) in [5.41, 5.74) is 2.48. The van der Waals surface area contributed by atoms with Gasteiger partial charge in [-0.1, -0.05) is 12.1 Å². The van der Waals surface area contributed by atoms with Crippen LogP contribution in [-0.2, 0) is 22.6 Å². The summed E-state index contributed by atoms with van der Waals surface area (Å²) in [5, 5.41) is 18.4. The lowest BCUT2D eigenvalue weighted by molar-refractivity contribution is -0.192. The number of fused-ring (bicyclic) bond motifs is 1. The molecule has 0 aliphatic carbocycles. The molecule has 3 aromatic rings. The van der Waals surface area contributed by atoms with Gasteiger partial charge in [-0.15, -0.1) is 0 Å². The van der Waals surface area contributed by atoms with Gasteiger partial charge in [-0.2, -0.15) is 36.4 Å². The van der Waals surface area contributed by atoms with Crippen LogP contribution in [-0.4, -0.2) is 62.9 Å². The van der Waals surface area contributed by atoms with Crippen molar-refractivity contribution in [3.63, 3.8) is 0 Å². The predicted molar refractivity (Wildman–Crippen MR) is 126 cm³/mol.